The largest absolute Gasteiger partial charge is 0.475 e. The second-order valence-corrected chi connectivity index (χ2v) is 8.36. The number of Topliss-reactive ketones (excluding diaryl/α,β-unsaturated/α-hetero) is 1. The molecule has 2 aromatic rings. The van der Waals surface area contributed by atoms with E-state index in [0.29, 0.717) is 6.42 Å². The minimum Gasteiger partial charge on any atom is -0.426 e. The second-order valence-electron chi connectivity index (χ2n) is 8.36. The molecule has 0 saturated carbocycles. The maximum absolute atomic E-state index is 11.9. The molecule has 0 unspecified atom stereocenters. The number of rotatable bonds is 5. The number of benzene rings is 2. The van der Waals surface area contributed by atoms with Gasteiger partial charge in [-0.3, -0.25) is 9.59 Å². The lowest BCUT2D eigenvalue weighted by Gasteiger charge is -2.24. The molecule has 0 aliphatic rings. The molecule has 29 heavy (non-hydrogen) atoms. The third-order valence-electron chi connectivity index (χ3n) is 4.39. The Labute approximate surface area is 174 Å². The Morgan fingerprint density at radius 1 is 0.931 bits per heavy atom. The van der Waals surface area contributed by atoms with Crippen molar-refractivity contribution in [3.8, 4) is 0 Å². The summed E-state index contributed by atoms with van der Waals surface area (Å²) in [6.07, 6.45) is 0.389. The summed E-state index contributed by atoms with van der Waals surface area (Å²) in [4.78, 5) is 22.6. The number of nitrogens with one attached hydrogen (secondary N) is 1. The highest BCUT2D eigenvalue weighted by atomic mass is 16.4. The van der Waals surface area contributed by atoms with Crippen LogP contribution in [0.5, 0.6) is 0 Å². The minimum absolute atomic E-state index is 0.125. The average Bonchev–Trinajstić information content (AvgIpc) is 2.63. The van der Waals surface area contributed by atoms with Crippen LogP contribution in [-0.2, 0) is 11.2 Å². The molecule has 156 valence electrons. The van der Waals surface area contributed by atoms with Gasteiger partial charge in [-0.25, -0.2) is 0 Å². The summed E-state index contributed by atoms with van der Waals surface area (Å²) in [7, 11) is -1.58. The van der Waals surface area contributed by atoms with E-state index in [9.17, 15) is 19.6 Å². The zero-order valence-corrected chi connectivity index (χ0v) is 18.2. The summed E-state index contributed by atoms with van der Waals surface area (Å²) in [5, 5.41) is 21.4. The Balaban J connectivity index is 0.000000352. The first-order chi connectivity index (χ1) is 13.4. The molecule has 0 aliphatic heterocycles. The quantitative estimate of drug-likeness (QED) is 0.534. The van der Waals surface area contributed by atoms with Crippen molar-refractivity contribution >= 4 is 18.8 Å². The minimum atomic E-state index is -1.58. The molecular formula is C23H32BNO4. The van der Waals surface area contributed by atoms with Crippen molar-refractivity contribution in [2.45, 2.75) is 53.9 Å². The molecule has 0 fully saturated rings. The van der Waals surface area contributed by atoms with Crippen LogP contribution in [0.1, 0.15) is 54.7 Å². The number of amides is 1. The molecule has 6 heteroatoms. The molecule has 5 nitrogen and oxygen atoms in total. The van der Waals surface area contributed by atoms with Crippen molar-refractivity contribution in [3.63, 3.8) is 0 Å². The summed E-state index contributed by atoms with van der Waals surface area (Å²) >= 11 is 0. The van der Waals surface area contributed by atoms with Gasteiger partial charge in [-0.1, -0.05) is 80.4 Å². The van der Waals surface area contributed by atoms with Gasteiger partial charge in [-0.05, 0) is 32.8 Å². The SMILES string of the molecule is CC(=O)c1ccc(C)cc1.Cc1ccc(C[C@H](NC(=O)C(C)(C)C)B(O)O)cc1. The van der Waals surface area contributed by atoms with Gasteiger partial charge in [0.2, 0.25) is 5.91 Å². The average molecular weight is 397 g/mol. The van der Waals surface area contributed by atoms with E-state index in [2.05, 4.69) is 5.32 Å². The van der Waals surface area contributed by atoms with Crippen LogP contribution in [0.2, 0.25) is 0 Å². The first kappa shape index (κ1) is 24.6. The standard InChI is InChI=1S/C14H22BNO3.C9H10O/c1-10-5-7-11(8-6-10)9-12(15(18)19)16-13(17)14(2,3)4;1-7-3-5-9(6-4-7)8(2)10/h5-8,12,18-19H,9H2,1-4H3,(H,16,17);3-6H,1-2H3/t12-;/m0./s1. The number of ketones is 1. The van der Waals surface area contributed by atoms with Crippen LogP contribution in [-0.4, -0.2) is 34.8 Å². The maximum Gasteiger partial charge on any atom is 0.475 e. The van der Waals surface area contributed by atoms with Gasteiger partial charge in [-0.2, -0.15) is 0 Å². The monoisotopic (exact) mass is 397 g/mol. The zero-order chi connectivity index (χ0) is 22.2. The molecular weight excluding hydrogens is 365 g/mol. The number of hydrogen-bond donors (Lipinski definition) is 3. The Kier molecular flexibility index (Phi) is 9.27. The molecule has 2 aromatic carbocycles. The molecule has 1 amide bonds. The van der Waals surface area contributed by atoms with Crippen LogP contribution in [0.25, 0.3) is 0 Å². The molecule has 2 rings (SSSR count). The topological polar surface area (TPSA) is 86.6 Å². The molecule has 0 radical (unpaired) electrons. The fraction of sp³-hybridized carbons (Fsp3) is 0.391. The van der Waals surface area contributed by atoms with E-state index < -0.39 is 18.5 Å². The van der Waals surface area contributed by atoms with E-state index in [-0.39, 0.29) is 11.7 Å². The van der Waals surface area contributed by atoms with Gasteiger partial charge in [-0.15, -0.1) is 0 Å². The third kappa shape index (κ3) is 9.07. The lowest BCUT2D eigenvalue weighted by atomic mass is 9.75. The molecule has 1 atom stereocenters. The molecule has 0 spiro atoms. The van der Waals surface area contributed by atoms with Gasteiger partial charge in [0.15, 0.2) is 5.78 Å². The molecule has 0 saturated heterocycles. The molecule has 0 aliphatic carbocycles. The van der Waals surface area contributed by atoms with Crippen LogP contribution in [0, 0.1) is 19.3 Å². The predicted octanol–water partition coefficient (Wildman–Crippen LogP) is 3.28. The zero-order valence-electron chi connectivity index (χ0n) is 18.2. The van der Waals surface area contributed by atoms with E-state index in [0.717, 1.165) is 16.7 Å². The van der Waals surface area contributed by atoms with E-state index in [1.54, 1.807) is 27.7 Å². The molecule has 0 heterocycles. The molecule has 3 N–H and O–H groups in total. The first-order valence-electron chi connectivity index (χ1n) is 9.70. The number of aryl methyl sites for hydroxylation is 2. The predicted molar refractivity (Wildman–Crippen MR) is 118 cm³/mol. The van der Waals surface area contributed by atoms with E-state index in [4.69, 9.17) is 0 Å². The number of carbonyl (C=O) groups excluding carboxylic acids is 2. The van der Waals surface area contributed by atoms with Crippen molar-refractivity contribution in [2.24, 2.45) is 5.41 Å². The number of hydrogen-bond acceptors (Lipinski definition) is 4. The lowest BCUT2D eigenvalue weighted by molar-refractivity contribution is -0.128. The van der Waals surface area contributed by atoms with Gasteiger partial charge in [0, 0.05) is 11.0 Å². The molecule has 0 aromatic heterocycles. The summed E-state index contributed by atoms with van der Waals surface area (Å²) in [6.45, 7) is 10.9. The van der Waals surface area contributed by atoms with Gasteiger partial charge < -0.3 is 15.4 Å². The Hall–Kier alpha value is -2.44. The van der Waals surface area contributed by atoms with Gasteiger partial charge in [0.05, 0.1) is 5.94 Å². The van der Waals surface area contributed by atoms with Crippen molar-refractivity contribution < 1.29 is 19.6 Å². The van der Waals surface area contributed by atoms with E-state index >= 15 is 0 Å². The van der Waals surface area contributed by atoms with E-state index in [1.807, 2.05) is 62.4 Å². The van der Waals surface area contributed by atoms with Crippen molar-refractivity contribution in [3.05, 3.63) is 70.8 Å². The van der Waals surface area contributed by atoms with E-state index in [1.165, 1.54) is 5.56 Å². The second kappa shape index (κ2) is 10.9. The molecule has 0 bridgehead atoms. The number of carbonyl (C=O) groups is 2. The Morgan fingerprint density at radius 2 is 1.38 bits per heavy atom. The van der Waals surface area contributed by atoms with Crippen LogP contribution < -0.4 is 5.32 Å². The lowest BCUT2D eigenvalue weighted by Crippen LogP contribution is -2.51. The Bertz CT molecular complexity index is 793. The van der Waals surface area contributed by atoms with Crippen LogP contribution >= 0.6 is 0 Å². The first-order valence-corrected chi connectivity index (χ1v) is 9.70. The van der Waals surface area contributed by atoms with Gasteiger partial charge >= 0.3 is 7.12 Å². The highest BCUT2D eigenvalue weighted by Crippen LogP contribution is 2.14. The normalized spacial score (nSPS) is 11.7. The van der Waals surface area contributed by atoms with Crippen molar-refractivity contribution in [2.75, 3.05) is 0 Å². The summed E-state index contributed by atoms with van der Waals surface area (Å²) in [6, 6.07) is 15.3. The van der Waals surface area contributed by atoms with Crippen LogP contribution in [0.15, 0.2) is 48.5 Å². The van der Waals surface area contributed by atoms with Crippen molar-refractivity contribution in [1.29, 1.82) is 0 Å². The summed E-state index contributed by atoms with van der Waals surface area (Å²) in [5.41, 5.74) is 3.51. The summed E-state index contributed by atoms with van der Waals surface area (Å²) in [5.74, 6) is -0.771. The van der Waals surface area contributed by atoms with Crippen molar-refractivity contribution in [1.82, 2.24) is 5.32 Å². The fourth-order valence-corrected chi connectivity index (χ4v) is 2.38. The summed E-state index contributed by atoms with van der Waals surface area (Å²) < 4.78 is 0. The van der Waals surface area contributed by atoms with Crippen LogP contribution in [0.3, 0.4) is 0 Å². The Morgan fingerprint density at radius 3 is 1.76 bits per heavy atom. The van der Waals surface area contributed by atoms with Crippen LogP contribution in [0.4, 0.5) is 0 Å². The van der Waals surface area contributed by atoms with Gasteiger partial charge in [0.1, 0.15) is 0 Å². The highest BCUT2D eigenvalue weighted by Gasteiger charge is 2.30. The maximum atomic E-state index is 11.9. The fourth-order valence-electron chi connectivity index (χ4n) is 2.38. The van der Waals surface area contributed by atoms with Gasteiger partial charge in [0.25, 0.3) is 0 Å². The highest BCUT2D eigenvalue weighted by molar-refractivity contribution is 6.43. The smallest absolute Gasteiger partial charge is 0.426 e. The third-order valence-corrected chi connectivity index (χ3v) is 4.39.